The van der Waals surface area contributed by atoms with Gasteiger partial charge in [0.2, 0.25) is 10.0 Å². The van der Waals surface area contributed by atoms with E-state index in [1.54, 1.807) is 0 Å². The number of benzene rings is 2. The Bertz CT molecular complexity index is 1080. The van der Waals surface area contributed by atoms with E-state index < -0.39 is 39.7 Å². The summed E-state index contributed by atoms with van der Waals surface area (Å²) in [4.78, 5) is 12.1. The minimum atomic E-state index is -4.21. The van der Waals surface area contributed by atoms with E-state index in [0.717, 1.165) is 6.07 Å². The highest BCUT2D eigenvalue weighted by Crippen LogP contribution is 2.31. The number of aliphatic hydroxyl groups is 1. The first kappa shape index (κ1) is 24.4. The number of hydroxylamine groups is 1. The summed E-state index contributed by atoms with van der Waals surface area (Å²) < 4.78 is 51.9. The van der Waals surface area contributed by atoms with Crippen molar-refractivity contribution >= 4 is 27.5 Å². The molecule has 32 heavy (non-hydrogen) atoms. The Balaban J connectivity index is 1.73. The predicted octanol–water partition coefficient (Wildman–Crippen LogP) is 2.10. The molecule has 1 fully saturated rings. The van der Waals surface area contributed by atoms with Crippen LogP contribution in [0.5, 0.6) is 5.75 Å². The van der Waals surface area contributed by atoms with Crippen LogP contribution in [0.25, 0.3) is 0 Å². The largest absolute Gasteiger partial charge is 0.489 e. The molecule has 174 valence electrons. The molecule has 1 aliphatic heterocycles. The van der Waals surface area contributed by atoms with Gasteiger partial charge in [0.25, 0.3) is 5.91 Å². The summed E-state index contributed by atoms with van der Waals surface area (Å²) in [6.45, 7) is 0.950. The fourth-order valence-corrected chi connectivity index (χ4v) is 4.71. The molecule has 1 aliphatic rings. The van der Waals surface area contributed by atoms with E-state index >= 15 is 0 Å². The van der Waals surface area contributed by atoms with Gasteiger partial charge in [-0.25, -0.2) is 18.3 Å². The highest BCUT2D eigenvalue weighted by Gasteiger charge is 2.48. The average Bonchev–Trinajstić information content (AvgIpc) is 2.74. The zero-order valence-corrected chi connectivity index (χ0v) is 18.5. The van der Waals surface area contributed by atoms with Crippen LogP contribution in [0.15, 0.2) is 47.4 Å². The maximum absolute atomic E-state index is 13.1. The van der Waals surface area contributed by atoms with E-state index in [4.69, 9.17) is 26.3 Å². The van der Waals surface area contributed by atoms with Crippen LogP contribution < -0.4 is 14.9 Å². The van der Waals surface area contributed by atoms with Crippen molar-refractivity contribution < 1.29 is 37.4 Å². The normalized spacial score (nSPS) is 23.5. The summed E-state index contributed by atoms with van der Waals surface area (Å²) in [5.41, 5.74) is 0.196. The number of rotatable bonds is 7. The Labute approximate surface area is 189 Å². The van der Waals surface area contributed by atoms with Crippen molar-refractivity contribution in [3.8, 4) is 5.75 Å². The molecule has 2 aromatic rings. The smallest absolute Gasteiger partial charge is 0.267 e. The molecular weight excluding hydrogens is 467 g/mol. The molecule has 1 heterocycles. The second kappa shape index (κ2) is 9.30. The highest BCUT2D eigenvalue weighted by atomic mass is 35.5. The molecule has 1 saturated heterocycles. The van der Waals surface area contributed by atoms with Gasteiger partial charge in [-0.1, -0.05) is 17.7 Å². The lowest BCUT2D eigenvalue weighted by molar-refractivity contribution is -0.228. The SMILES string of the molecule is CC1(O)CCC(NS(=O)(=O)c2ccc(OCc3ccc(F)cc3Cl)cc2)(C(=O)NO)CO1. The van der Waals surface area contributed by atoms with Crippen molar-refractivity contribution in [3.63, 3.8) is 0 Å². The number of amides is 1. The fourth-order valence-electron chi connectivity index (χ4n) is 3.11. The average molecular weight is 489 g/mol. The topological polar surface area (TPSA) is 134 Å². The molecule has 2 atom stereocenters. The number of hydrogen-bond donors (Lipinski definition) is 4. The minimum absolute atomic E-state index is 0.0400. The van der Waals surface area contributed by atoms with Gasteiger partial charge in [0.15, 0.2) is 5.79 Å². The van der Waals surface area contributed by atoms with Crippen LogP contribution in [-0.2, 0) is 26.2 Å². The van der Waals surface area contributed by atoms with Crippen LogP contribution in [0.4, 0.5) is 4.39 Å². The van der Waals surface area contributed by atoms with E-state index in [1.165, 1.54) is 48.8 Å². The first-order valence-corrected chi connectivity index (χ1v) is 11.3. The Hall–Kier alpha value is -2.28. The highest BCUT2D eigenvalue weighted by molar-refractivity contribution is 7.89. The number of sulfonamides is 1. The van der Waals surface area contributed by atoms with Crippen molar-refractivity contribution in [1.82, 2.24) is 10.2 Å². The number of hydrogen-bond acceptors (Lipinski definition) is 7. The maximum Gasteiger partial charge on any atom is 0.267 e. The molecule has 0 saturated carbocycles. The zero-order chi connectivity index (χ0) is 23.6. The third kappa shape index (κ3) is 5.55. The standard InChI is InChI=1S/C20H22ClFN2O7S/c1-19(26)8-9-20(12-31-19,18(25)23-27)24-32(28,29)16-6-4-15(5-7-16)30-11-13-2-3-14(22)10-17(13)21/h2-7,10,24,26-27H,8-9,11-12H2,1H3,(H,23,25). The molecule has 3 rings (SSSR count). The Morgan fingerprint density at radius 2 is 1.94 bits per heavy atom. The molecule has 0 spiro atoms. The van der Waals surface area contributed by atoms with E-state index in [2.05, 4.69) is 4.72 Å². The van der Waals surface area contributed by atoms with Gasteiger partial charge < -0.3 is 14.6 Å². The van der Waals surface area contributed by atoms with Gasteiger partial charge in [0, 0.05) is 12.0 Å². The predicted molar refractivity (Wildman–Crippen MR) is 111 cm³/mol. The quantitative estimate of drug-likeness (QED) is 0.346. The van der Waals surface area contributed by atoms with E-state index in [-0.39, 0.29) is 29.4 Å². The van der Waals surface area contributed by atoms with Crippen molar-refractivity contribution in [1.29, 1.82) is 0 Å². The van der Waals surface area contributed by atoms with E-state index in [1.807, 2.05) is 0 Å². The number of ether oxygens (including phenoxy) is 2. The Morgan fingerprint density at radius 1 is 1.25 bits per heavy atom. The number of halogens is 2. The van der Waals surface area contributed by atoms with E-state index in [0.29, 0.717) is 11.3 Å². The summed E-state index contributed by atoms with van der Waals surface area (Å²) in [6, 6.07) is 9.26. The van der Waals surface area contributed by atoms with Crippen molar-refractivity contribution in [3.05, 3.63) is 58.9 Å². The summed E-state index contributed by atoms with van der Waals surface area (Å²) in [5, 5.41) is 19.2. The molecular formula is C20H22ClFN2O7S. The Kier molecular flexibility index (Phi) is 7.08. The number of carbonyl (C=O) groups excluding carboxylic acids is 1. The van der Waals surface area contributed by atoms with Gasteiger partial charge >= 0.3 is 0 Å². The molecule has 2 aromatic carbocycles. The molecule has 0 aromatic heterocycles. The van der Waals surface area contributed by atoms with Gasteiger partial charge in [-0.05, 0) is 49.7 Å². The van der Waals surface area contributed by atoms with Crippen LogP contribution in [0.1, 0.15) is 25.3 Å². The Morgan fingerprint density at radius 3 is 2.50 bits per heavy atom. The first-order chi connectivity index (χ1) is 15.0. The lowest BCUT2D eigenvalue weighted by atomic mass is 9.89. The zero-order valence-electron chi connectivity index (χ0n) is 17.0. The second-order valence-corrected chi connectivity index (χ2v) is 9.68. The van der Waals surface area contributed by atoms with E-state index in [9.17, 15) is 22.7 Å². The maximum atomic E-state index is 13.1. The van der Waals surface area contributed by atoms with Gasteiger partial charge in [-0.3, -0.25) is 10.0 Å². The van der Waals surface area contributed by atoms with Crippen LogP contribution >= 0.6 is 11.6 Å². The summed E-state index contributed by atoms with van der Waals surface area (Å²) >= 11 is 5.96. The lowest BCUT2D eigenvalue weighted by Crippen LogP contribution is -2.64. The van der Waals surface area contributed by atoms with Gasteiger partial charge in [-0.2, -0.15) is 4.72 Å². The van der Waals surface area contributed by atoms with Gasteiger partial charge in [0.1, 0.15) is 23.7 Å². The molecule has 4 N–H and O–H groups in total. The molecule has 0 bridgehead atoms. The molecule has 0 aliphatic carbocycles. The molecule has 1 amide bonds. The van der Waals surface area contributed by atoms with Crippen molar-refractivity contribution in [2.75, 3.05) is 6.61 Å². The minimum Gasteiger partial charge on any atom is -0.489 e. The monoisotopic (exact) mass is 488 g/mol. The molecule has 2 unspecified atom stereocenters. The van der Waals surface area contributed by atoms with Crippen LogP contribution in [0.2, 0.25) is 5.02 Å². The van der Waals surface area contributed by atoms with Crippen LogP contribution in [0.3, 0.4) is 0 Å². The van der Waals surface area contributed by atoms with Crippen molar-refractivity contribution in [2.24, 2.45) is 0 Å². The summed E-state index contributed by atoms with van der Waals surface area (Å²) in [6.07, 6.45) is -0.146. The number of carbonyl (C=O) groups is 1. The van der Waals surface area contributed by atoms with Crippen LogP contribution in [-0.4, -0.2) is 42.6 Å². The lowest BCUT2D eigenvalue weighted by Gasteiger charge is -2.40. The molecule has 12 heteroatoms. The summed E-state index contributed by atoms with van der Waals surface area (Å²) in [5.74, 6) is -2.66. The summed E-state index contributed by atoms with van der Waals surface area (Å²) in [7, 11) is -4.21. The van der Waals surface area contributed by atoms with Crippen molar-refractivity contribution in [2.45, 2.75) is 42.6 Å². The number of nitrogens with one attached hydrogen (secondary N) is 2. The third-order valence-corrected chi connectivity index (χ3v) is 6.96. The fraction of sp³-hybridized carbons (Fsp3) is 0.350. The molecule has 9 nitrogen and oxygen atoms in total. The molecule has 0 radical (unpaired) electrons. The van der Waals surface area contributed by atoms with Gasteiger partial charge in [-0.15, -0.1) is 0 Å². The third-order valence-electron chi connectivity index (χ3n) is 5.05. The first-order valence-electron chi connectivity index (χ1n) is 9.48. The second-order valence-electron chi connectivity index (χ2n) is 7.59. The van der Waals surface area contributed by atoms with Gasteiger partial charge in [0.05, 0.1) is 16.5 Å². The van der Waals surface area contributed by atoms with Crippen LogP contribution in [0, 0.1) is 5.82 Å².